The maximum atomic E-state index is 12.4. The minimum absolute atomic E-state index is 0.249. The zero-order valence-corrected chi connectivity index (χ0v) is 13.2. The average Bonchev–Trinajstić information content (AvgIpc) is 2.57. The van der Waals surface area contributed by atoms with Crippen molar-refractivity contribution in [2.75, 3.05) is 0 Å². The smallest absolute Gasteiger partial charge is 0.296 e. The van der Waals surface area contributed by atoms with Gasteiger partial charge in [0.25, 0.3) is 5.91 Å². The van der Waals surface area contributed by atoms with Gasteiger partial charge < -0.3 is 4.84 Å². The van der Waals surface area contributed by atoms with Gasteiger partial charge in [-0.05, 0) is 24.6 Å². The molecule has 1 amide bonds. The van der Waals surface area contributed by atoms with Gasteiger partial charge in [0, 0.05) is 10.6 Å². The van der Waals surface area contributed by atoms with Crippen LogP contribution in [-0.4, -0.2) is 22.9 Å². The number of halogens is 1. The maximum Gasteiger partial charge on any atom is 0.296 e. The normalized spacial score (nSPS) is 17.7. The summed E-state index contributed by atoms with van der Waals surface area (Å²) in [5.74, 6) is -0.0302. The van der Waals surface area contributed by atoms with Crippen molar-refractivity contribution in [3.63, 3.8) is 0 Å². The second-order valence-electron chi connectivity index (χ2n) is 5.06. The van der Waals surface area contributed by atoms with Gasteiger partial charge in [0.2, 0.25) is 11.9 Å². The number of amidine groups is 1. The molecule has 1 unspecified atom stereocenters. The predicted molar refractivity (Wildman–Crippen MR) is 86.6 cm³/mol. The fourth-order valence-corrected chi connectivity index (χ4v) is 2.31. The van der Waals surface area contributed by atoms with Gasteiger partial charge in [0.05, 0.1) is 0 Å². The molecule has 3 rings (SSSR count). The van der Waals surface area contributed by atoms with E-state index in [-0.39, 0.29) is 18.3 Å². The van der Waals surface area contributed by atoms with E-state index in [0.717, 1.165) is 5.56 Å². The predicted octanol–water partition coefficient (Wildman–Crippen LogP) is 3.38. The third-order valence-electron chi connectivity index (χ3n) is 3.32. The largest absolute Gasteiger partial charge is 0.381 e. The molecule has 1 heterocycles. The number of nitrogens with zero attached hydrogens (tertiary/aromatic N) is 2. The Kier molecular flexibility index (Phi) is 4.60. The number of amides is 1. The lowest BCUT2D eigenvalue weighted by Gasteiger charge is -2.28. The summed E-state index contributed by atoms with van der Waals surface area (Å²) in [5, 5.41) is 5.72. The molecule has 118 valence electrons. The molecule has 6 heteroatoms. The summed E-state index contributed by atoms with van der Waals surface area (Å²) in [6.07, 6.45) is -0.700. The minimum atomic E-state index is -0.700. The Bertz CT molecular complexity index is 734. The number of carbonyl (C=O) groups excluding carboxylic acids is 1. The SMILES string of the molecule is CC1ON=C(c2cccc(Cl)c2)N(OCc2ccccc2)C1=O. The van der Waals surface area contributed by atoms with Gasteiger partial charge in [-0.25, -0.2) is 0 Å². The molecule has 0 radical (unpaired) electrons. The summed E-state index contributed by atoms with van der Waals surface area (Å²) in [6, 6.07) is 16.6. The fourth-order valence-electron chi connectivity index (χ4n) is 2.12. The monoisotopic (exact) mass is 330 g/mol. The summed E-state index contributed by atoms with van der Waals surface area (Å²) in [7, 11) is 0. The number of hydrogen-bond donors (Lipinski definition) is 0. The molecule has 0 saturated heterocycles. The first-order valence-corrected chi connectivity index (χ1v) is 7.53. The van der Waals surface area contributed by atoms with Crippen LogP contribution in [0.3, 0.4) is 0 Å². The first kappa shape index (κ1) is 15.5. The van der Waals surface area contributed by atoms with E-state index in [9.17, 15) is 4.79 Å². The molecule has 1 aliphatic heterocycles. The molecule has 0 fully saturated rings. The van der Waals surface area contributed by atoms with Crippen molar-refractivity contribution < 1.29 is 14.5 Å². The Morgan fingerprint density at radius 1 is 1.22 bits per heavy atom. The zero-order chi connectivity index (χ0) is 16.2. The topological polar surface area (TPSA) is 51.1 Å². The van der Waals surface area contributed by atoms with Crippen LogP contribution < -0.4 is 0 Å². The van der Waals surface area contributed by atoms with Crippen molar-refractivity contribution in [2.45, 2.75) is 19.6 Å². The van der Waals surface area contributed by atoms with Gasteiger partial charge in [-0.3, -0.25) is 9.63 Å². The highest BCUT2D eigenvalue weighted by molar-refractivity contribution is 6.31. The molecule has 0 bridgehead atoms. The number of hydrogen-bond acceptors (Lipinski definition) is 4. The lowest BCUT2D eigenvalue weighted by molar-refractivity contribution is -0.184. The van der Waals surface area contributed by atoms with Crippen LogP contribution in [-0.2, 0) is 21.1 Å². The van der Waals surface area contributed by atoms with E-state index in [2.05, 4.69) is 5.16 Å². The van der Waals surface area contributed by atoms with Crippen molar-refractivity contribution in [1.29, 1.82) is 0 Å². The highest BCUT2D eigenvalue weighted by Crippen LogP contribution is 2.19. The van der Waals surface area contributed by atoms with Crippen LogP contribution in [0.15, 0.2) is 59.8 Å². The van der Waals surface area contributed by atoms with Gasteiger partial charge in [-0.1, -0.05) is 59.2 Å². The van der Waals surface area contributed by atoms with Gasteiger partial charge in [0.15, 0.2) is 0 Å². The van der Waals surface area contributed by atoms with Crippen molar-refractivity contribution in [3.8, 4) is 0 Å². The van der Waals surface area contributed by atoms with Crippen LogP contribution in [0.5, 0.6) is 0 Å². The number of hydroxylamine groups is 2. The van der Waals surface area contributed by atoms with Crippen molar-refractivity contribution in [3.05, 3.63) is 70.7 Å². The summed E-state index contributed by atoms with van der Waals surface area (Å²) < 4.78 is 0. The summed E-state index contributed by atoms with van der Waals surface area (Å²) >= 11 is 6.01. The lowest BCUT2D eigenvalue weighted by Crippen LogP contribution is -2.46. The molecular weight excluding hydrogens is 316 g/mol. The molecule has 2 aromatic rings. The Morgan fingerprint density at radius 2 is 2.00 bits per heavy atom. The van der Waals surface area contributed by atoms with E-state index in [1.807, 2.05) is 30.3 Å². The Balaban J connectivity index is 1.85. The van der Waals surface area contributed by atoms with E-state index in [0.29, 0.717) is 10.6 Å². The molecule has 5 nitrogen and oxygen atoms in total. The van der Waals surface area contributed by atoms with Gasteiger partial charge >= 0.3 is 0 Å². The molecule has 1 atom stereocenters. The zero-order valence-electron chi connectivity index (χ0n) is 12.5. The summed E-state index contributed by atoms with van der Waals surface area (Å²) in [4.78, 5) is 23.2. The molecule has 0 spiro atoms. The van der Waals surface area contributed by atoms with Gasteiger partial charge in [-0.2, -0.15) is 5.06 Å². The quantitative estimate of drug-likeness (QED) is 0.863. The second kappa shape index (κ2) is 6.81. The first-order valence-electron chi connectivity index (χ1n) is 7.16. The van der Waals surface area contributed by atoms with E-state index in [1.165, 1.54) is 5.06 Å². The molecule has 23 heavy (non-hydrogen) atoms. The molecule has 0 aromatic heterocycles. The maximum absolute atomic E-state index is 12.4. The molecule has 0 aliphatic carbocycles. The van der Waals surface area contributed by atoms with Crippen LogP contribution in [0, 0.1) is 0 Å². The van der Waals surface area contributed by atoms with Crippen molar-refractivity contribution in [2.24, 2.45) is 5.16 Å². The summed E-state index contributed by atoms with van der Waals surface area (Å²) in [5.41, 5.74) is 1.59. The van der Waals surface area contributed by atoms with E-state index < -0.39 is 6.10 Å². The number of rotatable bonds is 4. The highest BCUT2D eigenvalue weighted by Gasteiger charge is 2.33. The standard InChI is InChI=1S/C17H15ClN2O3/c1-12-17(21)20(22-11-13-6-3-2-4-7-13)16(19-23-12)14-8-5-9-15(18)10-14/h2-10,12H,11H2,1H3. The van der Waals surface area contributed by atoms with E-state index in [4.69, 9.17) is 21.3 Å². The molecular formula is C17H15ClN2O3. The number of benzene rings is 2. The highest BCUT2D eigenvalue weighted by atomic mass is 35.5. The molecule has 2 aromatic carbocycles. The average molecular weight is 331 g/mol. The molecule has 0 saturated carbocycles. The number of oxime groups is 1. The Labute approximate surface area is 139 Å². The minimum Gasteiger partial charge on any atom is -0.381 e. The third-order valence-corrected chi connectivity index (χ3v) is 3.56. The van der Waals surface area contributed by atoms with Gasteiger partial charge in [-0.15, -0.1) is 0 Å². The third kappa shape index (κ3) is 3.52. The van der Waals surface area contributed by atoms with E-state index in [1.54, 1.807) is 31.2 Å². The van der Waals surface area contributed by atoms with Crippen LogP contribution in [0.25, 0.3) is 0 Å². The second-order valence-corrected chi connectivity index (χ2v) is 5.50. The van der Waals surface area contributed by atoms with Crippen LogP contribution in [0.4, 0.5) is 0 Å². The van der Waals surface area contributed by atoms with Crippen molar-refractivity contribution in [1.82, 2.24) is 5.06 Å². The Morgan fingerprint density at radius 3 is 2.74 bits per heavy atom. The fraction of sp³-hybridized carbons (Fsp3) is 0.176. The van der Waals surface area contributed by atoms with Crippen molar-refractivity contribution >= 4 is 23.3 Å². The van der Waals surface area contributed by atoms with Gasteiger partial charge in [0.1, 0.15) is 6.61 Å². The lowest BCUT2D eigenvalue weighted by atomic mass is 10.2. The molecule has 0 N–H and O–H groups in total. The first-order chi connectivity index (χ1) is 11.1. The molecule has 1 aliphatic rings. The number of carbonyl (C=O) groups is 1. The van der Waals surface area contributed by atoms with Crippen LogP contribution >= 0.6 is 11.6 Å². The van der Waals surface area contributed by atoms with Crippen LogP contribution in [0.2, 0.25) is 5.02 Å². The van der Waals surface area contributed by atoms with Crippen LogP contribution in [0.1, 0.15) is 18.1 Å². The Hall–Kier alpha value is -2.37. The van der Waals surface area contributed by atoms with E-state index >= 15 is 0 Å². The summed E-state index contributed by atoms with van der Waals surface area (Å²) in [6.45, 7) is 1.87.